The third-order valence-corrected chi connectivity index (χ3v) is 6.35. The number of aliphatic imine (C=N–C) groups is 1. The lowest BCUT2D eigenvalue weighted by Gasteiger charge is -2.16. The number of benzene rings is 1. The van der Waals surface area contributed by atoms with Crippen LogP contribution in [-0.2, 0) is 10.2 Å². The van der Waals surface area contributed by atoms with E-state index in [9.17, 15) is 18.1 Å². The van der Waals surface area contributed by atoms with Crippen LogP contribution in [0.4, 0.5) is 8.78 Å². The smallest absolute Gasteiger partial charge is 0.369 e. The quantitative estimate of drug-likeness (QED) is 0.430. The van der Waals surface area contributed by atoms with E-state index in [0.29, 0.717) is 16.0 Å². The van der Waals surface area contributed by atoms with Crippen molar-refractivity contribution in [3.05, 3.63) is 33.1 Å². The molecule has 0 bridgehead atoms. The second-order valence-electron chi connectivity index (χ2n) is 5.05. The topological polar surface area (TPSA) is 90.2 Å². The SMILES string of the molecule is CN(C)C=NC(=O)c1ccc2sc(C(F)(F)P(=O)(O)O)c(Br)c2c1. The molecule has 0 saturated heterocycles. The summed E-state index contributed by atoms with van der Waals surface area (Å²) in [6.07, 6.45) is 1.31. The van der Waals surface area contributed by atoms with E-state index in [1.165, 1.54) is 24.5 Å². The summed E-state index contributed by atoms with van der Waals surface area (Å²) in [7, 11) is -2.30. The van der Waals surface area contributed by atoms with Gasteiger partial charge in [-0.15, -0.1) is 11.3 Å². The second-order valence-corrected chi connectivity index (χ2v) is 8.55. The van der Waals surface area contributed by atoms with Gasteiger partial charge in [0.1, 0.15) is 4.88 Å². The normalized spacial score (nSPS) is 13.0. The van der Waals surface area contributed by atoms with Crippen molar-refractivity contribution in [1.29, 1.82) is 0 Å². The molecule has 0 unspecified atom stereocenters. The number of alkyl halides is 2. The zero-order valence-electron chi connectivity index (χ0n) is 12.4. The number of hydrogen-bond donors (Lipinski definition) is 2. The Kier molecular flexibility index (Phi) is 5.27. The van der Waals surface area contributed by atoms with Crippen molar-refractivity contribution in [3.63, 3.8) is 0 Å². The van der Waals surface area contributed by atoms with E-state index in [-0.39, 0.29) is 15.4 Å². The first-order valence-electron chi connectivity index (χ1n) is 6.36. The highest BCUT2D eigenvalue weighted by Crippen LogP contribution is 2.62. The third-order valence-electron chi connectivity index (χ3n) is 2.92. The molecule has 2 aromatic rings. The number of carbonyl (C=O) groups excluding carboxylic acids is 1. The van der Waals surface area contributed by atoms with Gasteiger partial charge in [0.15, 0.2) is 0 Å². The summed E-state index contributed by atoms with van der Waals surface area (Å²) in [6, 6.07) is 4.20. The number of thiophene rings is 1. The van der Waals surface area contributed by atoms with Gasteiger partial charge in [-0.25, -0.2) is 0 Å². The molecule has 0 radical (unpaired) electrons. The minimum atomic E-state index is -5.67. The molecule has 1 heterocycles. The summed E-state index contributed by atoms with van der Waals surface area (Å²) >= 11 is 3.50. The molecule has 0 aliphatic rings. The molecule has 2 rings (SSSR count). The zero-order chi connectivity index (χ0) is 18.3. The van der Waals surface area contributed by atoms with Crippen LogP contribution in [0.1, 0.15) is 15.2 Å². The minimum Gasteiger partial charge on any atom is -0.369 e. The van der Waals surface area contributed by atoms with Crippen LogP contribution >= 0.6 is 34.9 Å². The largest absolute Gasteiger partial charge is 0.400 e. The molecular formula is C13H12BrF2N2O4PS. The Morgan fingerprint density at radius 1 is 1.42 bits per heavy atom. The fourth-order valence-electron chi connectivity index (χ4n) is 1.77. The number of rotatable bonds is 4. The monoisotopic (exact) mass is 440 g/mol. The highest BCUT2D eigenvalue weighted by molar-refractivity contribution is 9.10. The fraction of sp³-hybridized carbons (Fsp3) is 0.231. The van der Waals surface area contributed by atoms with Crippen LogP contribution in [0, 0.1) is 0 Å². The summed E-state index contributed by atoms with van der Waals surface area (Å²) in [6.45, 7) is 0. The Morgan fingerprint density at radius 2 is 2.04 bits per heavy atom. The van der Waals surface area contributed by atoms with Gasteiger partial charge < -0.3 is 14.7 Å². The Morgan fingerprint density at radius 3 is 2.58 bits per heavy atom. The molecule has 1 amide bonds. The Bertz CT molecular complexity index is 878. The summed E-state index contributed by atoms with van der Waals surface area (Å²) in [4.78, 5) is 34.2. The van der Waals surface area contributed by atoms with Crippen LogP contribution in [0.3, 0.4) is 0 Å². The molecule has 1 aromatic carbocycles. The molecule has 130 valence electrons. The van der Waals surface area contributed by atoms with E-state index >= 15 is 0 Å². The Balaban J connectivity index is 2.54. The average Bonchev–Trinajstić information content (AvgIpc) is 2.81. The van der Waals surface area contributed by atoms with Crippen molar-refractivity contribution in [2.45, 2.75) is 5.66 Å². The van der Waals surface area contributed by atoms with Crippen molar-refractivity contribution < 1.29 is 27.9 Å². The maximum absolute atomic E-state index is 14.0. The van der Waals surface area contributed by atoms with Gasteiger partial charge in [0.25, 0.3) is 5.91 Å². The zero-order valence-corrected chi connectivity index (χ0v) is 15.7. The van der Waals surface area contributed by atoms with Crippen molar-refractivity contribution in [3.8, 4) is 0 Å². The van der Waals surface area contributed by atoms with Crippen molar-refractivity contribution >= 4 is 57.2 Å². The molecule has 0 aliphatic carbocycles. The predicted molar refractivity (Wildman–Crippen MR) is 92.0 cm³/mol. The first-order valence-corrected chi connectivity index (χ1v) is 9.58. The van der Waals surface area contributed by atoms with Crippen LogP contribution < -0.4 is 0 Å². The van der Waals surface area contributed by atoms with Crippen molar-refractivity contribution in [1.82, 2.24) is 4.90 Å². The molecule has 24 heavy (non-hydrogen) atoms. The van der Waals surface area contributed by atoms with E-state index in [1.54, 1.807) is 19.0 Å². The van der Waals surface area contributed by atoms with E-state index < -0.39 is 24.0 Å². The van der Waals surface area contributed by atoms with Gasteiger partial charge in [-0.3, -0.25) is 9.36 Å². The number of carbonyl (C=O) groups is 1. The number of hydrogen-bond acceptors (Lipinski definition) is 3. The number of amides is 1. The minimum absolute atomic E-state index is 0.151. The molecular weight excluding hydrogens is 429 g/mol. The van der Waals surface area contributed by atoms with Crippen LogP contribution in [0.25, 0.3) is 10.1 Å². The molecule has 6 nitrogen and oxygen atoms in total. The van der Waals surface area contributed by atoms with E-state index in [2.05, 4.69) is 20.9 Å². The van der Waals surface area contributed by atoms with E-state index in [4.69, 9.17) is 9.79 Å². The number of fused-ring (bicyclic) bond motifs is 1. The molecule has 1 aromatic heterocycles. The fourth-order valence-corrected chi connectivity index (χ4v) is 4.69. The Labute approximate surface area is 148 Å². The molecule has 0 atom stereocenters. The van der Waals surface area contributed by atoms with Gasteiger partial charge in [-0.2, -0.15) is 13.8 Å². The van der Waals surface area contributed by atoms with Gasteiger partial charge in [-0.05, 0) is 34.1 Å². The summed E-state index contributed by atoms with van der Waals surface area (Å²) in [5.41, 5.74) is -4.15. The lowest BCUT2D eigenvalue weighted by atomic mass is 10.1. The number of halogens is 3. The van der Waals surface area contributed by atoms with Gasteiger partial charge in [-0.1, -0.05) is 0 Å². The molecule has 2 N–H and O–H groups in total. The first kappa shape index (κ1) is 19.1. The maximum atomic E-state index is 14.0. The highest BCUT2D eigenvalue weighted by Gasteiger charge is 2.53. The predicted octanol–water partition coefficient (Wildman–Crippen LogP) is 3.62. The van der Waals surface area contributed by atoms with Crippen LogP contribution in [0.2, 0.25) is 0 Å². The summed E-state index contributed by atoms with van der Waals surface area (Å²) in [5, 5.41) is 0.258. The lowest BCUT2D eigenvalue weighted by molar-refractivity contribution is 0.0595. The molecule has 0 aliphatic heterocycles. The van der Waals surface area contributed by atoms with Gasteiger partial charge in [0, 0.05) is 34.2 Å². The molecule has 11 heteroatoms. The van der Waals surface area contributed by atoms with Gasteiger partial charge in [0.05, 0.1) is 6.34 Å². The maximum Gasteiger partial charge on any atom is 0.400 e. The highest BCUT2D eigenvalue weighted by atomic mass is 79.9. The lowest BCUT2D eigenvalue weighted by Crippen LogP contribution is -2.12. The van der Waals surface area contributed by atoms with Crippen LogP contribution in [0.5, 0.6) is 0 Å². The second kappa shape index (κ2) is 6.61. The Hall–Kier alpha value is -1.19. The van der Waals surface area contributed by atoms with Crippen LogP contribution in [0.15, 0.2) is 27.7 Å². The average molecular weight is 441 g/mol. The van der Waals surface area contributed by atoms with Crippen molar-refractivity contribution in [2.75, 3.05) is 14.1 Å². The van der Waals surface area contributed by atoms with Gasteiger partial charge in [0.2, 0.25) is 0 Å². The van der Waals surface area contributed by atoms with E-state index in [0.717, 1.165) is 0 Å². The summed E-state index contributed by atoms with van der Waals surface area (Å²) in [5.74, 6) is -0.563. The molecule has 0 saturated carbocycles. The summed E-state index contributed by atoms with van der Waals surface area (Å²) < 4.78 is 39.2. The van der Waals surface area contributed by atoms with Crippen molar-refractivity contribution in [2.24, 2.45) is 4.99 Å². The number of nitrogens with zero attached hydrogens (tertiary/aromatic N) is 2. The molecule has 0 spiro atoms. The third kappa shape index (κ3) is 3.57. The van der Waals surface area contributed by atoms with Crippen LogP contribution in [-0.4, -0.2) is 41.0 Å². The van der Waals surface area contributed by atoms with E-state index in [1.807, 2.05) is 0 Å². The standard InChI is InChI=1S/C13H12BrF2N2O4PS/c1-18(2)6-17-12(19)7-3-4-9-8(5-7)10(14)11(24-9)13(15,16)23(20,21)22/h3-6H,1-2H3,(H2,20,21,22). The first-order chi connectivity index (χ1) is 10.9. The molecule has 0 fully saturated rings. The van der Waals surface area contributed by atoms with Gasteiger partial charge >= 0.3 is 13.3 Å².